The Bertz CT molecular complexity index is 1020. The number of likely N-dealkylation sites (N-methyl/N-ethyl adjacent to an activating group) is 1. The second-order valence-electron chi connectivity index (χ2n) is 6.95. The lowest BCUT2D eigenvalue weighted by atomic mass is 10.0. The van der Waals surface area contributed by atoms with Crippen LogP contribution in [0.2, 0.25) is 0 Å². The summed E-state index contributed by atoms with van der Waals surface area (Å²) in [5, 5.41) is 9.39. The molecule has 8 nitrogen and oxygen atoms in total. The summed E-state index contributed by atoms with van der Waals surface area (Å²) in [7, 11) is 6.25. The fourth-order valence-electron chi connectivity index (χ4n) is 3.58. The second kappa shape index (κ2) is 9.53. The molecule has 0 fully saturated rings. The van der Waals surface area contributed by atoms with Gasteiger partial charge in [0, 0.05) is 19.2 Å². The van der Waals surface area contributed by atoms with Gasteiger partial charge in [-0.05, 0) is 23.8 Å². The van der Waals surface area contributed by atoms with Gasteiger partial charge in [-0.15, -0.1) is 0 Å². The highest BCUT2D eigenvalue weighted by atomic mass is 16.5. The predicted octanol–water partition coefficient (Wildman–Crippen LogP) is 1.92. The molecule has 1 N–H and O–H groups in total. The molecule has 0 spiro atoms. The van der Waals surface area contributed by atoms with E-state index in [1.165, 1.54) is 26.2 Å². The van der Waals surface area contributed by atoms with Crippen LogP contribution in [0.3, 0.4) is 0 Å². The first-order valence-electron chi connectivity index (χ1n) is 9.73. The number of methoxy groups -OCH3 is 3. The minimum atomic E-state index is -0.434. The lowest BCUT2D eigenvalue weighted by Crippen LogP contribution is -2.34. The van der Waals surface area contributed by atoms with Gasteiger partial charge in [0.15, 0.2) is 11.5 Å². The summed E-state index contributed by atoms with van der Waals surface area (Å²) in [5.74, 6) is 0.693. The number of hydrogen-bond acceptors (Lipinski definition) is 7. The van der Waals surface area contributed by atoms with Crippen molar-refractivity contribution >= 4 is 17.4 Å². The first kappa shape index (κ1) is 22.2. The van der Waals surface area contributed by atoms with Gasteiger partial charge in [0.05, 0.1) is 40.1 Å². The Labute approximate surface area is 181 Å². The molecule has 0 radical (unpaired) electrons. The molecule has 1 aliphatic heterocycles. The van der Waals surface area contributed by atoms with Crippen molar-refractivity contribution in [3.63, 3.8) is 0 Å². The summed E-state index contributed by atoms with van der Waals surface area (Å²) in [6.45, 7) is 0.112. The Morgan fingerprint density at radius 3 is 2.23 bits per heavy atom. The summed E-state index contributed by atoms with van der Waals surface area (Å²) in [6, 6.07) is 12.3. The van der Waals surface area contributed by atoms with Gasteiger partial charge in [-0.25, -0.2) is 0 Å². The molecule has 0 aliphatic carbocycles. The van der Waals surface area contributed by atoms with Crippen LogP contribution in [0.1, 0.15) is 11.1 Å². The zero-order valence-electron chi connectivity index (χ0n) is 18.0. The highest BCUT2D eigenvalue weighted by Gasteiger charge is 2.41. The van der Waals surface area contributed by atoms with Crippen LogP contribution in [-0.2, 0) is 16.1 Å². The topological polar surface area (TPSA) is 88.5 Å². The van der Waals surface area contributed by atoms with Crippen molar-refractivity contribution in [2.45, 2.75) is 6.54 Å². The number of aliphatic hydroxyl groups is 1. The van der Waals surface area contributed by atoms with Crippen LogP contribution in [0.25, 0.3) is 5.57 Å². The van der Waals surface area contributed by atoms with Crippen LogP contribution >= 0.6 is 0 Å². The maximum Gasteiger partial charge on any atom is 0.278 e. The van der Waals surface area contributed by atoms with Crippen LogP contribution in [0.15, 0.2) is 48.2 Å². The number of ether oxygens (including phenoxy) is 3. The molecule has 1 heterocycles. The number of para-hydroxylation sites is 1. The van der Waals surface area contributed by atoms with Crippen molar-refractivity contribution in [2.75, 3.05) is 41.5 Å². The zero-order valence-corrected chi connectivity index (χ0v) is 18.0. The summed E-state index contributed by atoms with van der Waals surface area (Å²) < 4.78 is 16.0. The van der Waals surface area contributed by atoms with Gasteiger partial charge >= 0.3 is 0 Å². The molecule has 2 aromatic rings. The largest absolute Gasteiger partial charge is 0.496 e. The van der Waals surface area contributed by atoms with E-state index >= 15 is 0 Å². The van der Waals surface area contributed by atoms with E-state index in [0.717, 1.165) is 0 Å². The molecule has 164 valence electrons. The molecule has 2 amide bonds. The predicted molar refractivity (Wildman–Crippen MR) is 115 cm³/mol. The van der Waals surface area contributed by atoms with Crippen molar-refractivity contribution in [1.82, 2.24) is 9.80 Å². The molecule has 0 unspecified atom stereocenters. The van der Waals surface area contributed by atoms with Crippen LogP contribution in [0.5, 0.6) is 17.2 Å². The van der Waals surface area contributed by atoms with E-state index in [0.29, 0.717) is 28.4 Å². The number of benzene rings is 2. The molecular weight excluding hydrogens is 400 g/mol. The molecular formula is C23H26N2O6. The van der Waals surface area contributed by atoms with Crippen molar-refractivity contribution in [1.29, 1.82) is 0 Å². The SMILES string of the molecule is COc1ccc(CN2C(=O)C(c3ccccc3OC)=C(N(C)CCO)C2=O)cc1OC. The summed E-state index contributed by atoms with van der Waals surface area (Å²) in [6.07, 6.45) is 0. The smallest absolute Gasteiger partial charge is 0.278 e. The summed E-state index contributed by atoms with van der Waals surface area (Å²) in [4.78, 5) is 29.5. The van der Waals surface area contributed by atoms with Gasteiger partial charge in [-0.2, -0.15) is 0 Å². The second-order valence-corrected chi connectivity index (χ2v) is 6.95. The van der Waals surface area contributed by atoms with Crippen molar-refractivity contribution in [3.8, 4) is 17.2 Å². The molecule has 0 atom stereocenters. The lowest BCUT2D eigenvalue weighted by Gasteiger charge is -2.20. The third-order valence-corrected chi connectivity index (χ3v) is 5.13. The Hall–Kier alpha value is -3.52. The molecule has 0 saturated heterocycles. The van der Waals surface area contributed by atoms with Crippen molar-refractivity contribution in [3.05, 3.63) is 59.3 Å². The number of hydrogen-bond donors (Lipinski definition) is 1. The van der Waals surface area contributed by atoms with Crippen LogP contribution in [-0.4, -0.2) is 68.2 Å². The highest BCUT2D eigenvalue weighted by molar-refractivity contribution is 6.35. The van der Waals surface area contributed by atoms with Crippen LogP contribution < -0.4 is 14.2 Å². The van der Waals surface area contributed by atoms with Gasteiger partial charge in [-0.1, -0.05) is 24.3 Å². The third kappa shape index (κ3) is 4.20. The molecule has 0 aromatic heterocycles. The quantitative estimate of drug-likeness (QED) is 0.613. The number of nitrogens with zero attached hydrogens (tertiary/aromatic N) is 2. The van der Waals surface area contributed by atoms with E-state index in [4.69, 9.17) is 14.2 Å². The average molecular weight is 426 g/mol. The van der Waals surface area contributed by atoms with Gasteiger partial charge < -0.3 is 24.2 Å². The third-order valence-electron chi connectivity index (χ3n) is 5.13. The molecule has 0 bridgehead atoms. The summed E-state index contributed by atoms with van der Waals surface area (Å²) >= 11 is 0. The fourth-order valence-corrected chi connectivity index (χ4v) is 3.58. The minimum Gasteiger partial charge on any atom is -0.496 e. The van der Waals surface area contributed by atoms with E-state index < -0.39 is 11.8 Å². The lowest BCUT2D eigenvalue weighted by molar-refractivity contribution is -0.138. The van der Waals surface area contributed by atoms with E-state index in [9.17, 15) is 14.7 Å². The maximum absolute atomic E-state index is 13.4. The molecule has 3 rings (SSSR count). The first-order chi connectivity index (χ1) is 15.0. The normalized spacial score (nSPS) is 13.6. The Morgan fingerprint density at radius 2 is 1.58 bits per heavy atom. The molecule has 31 heavy (non-hydrogen) atoms. The monoisotopic (exact) mass is 426 g/mol. The van der Waals surface area contributed by atoms with E-state index in [1.54, 1.807) is 54.4 Å². The molecule has 8 heteroatoms. The molecule has 1 aliphatic rings. The van der Waals surface area contributed by atoms with Gasteiger partial charge in [0.1, 0.15) is 11.4 Å². The Balaban J connectivity index is 2.03. The summed E-state index contributed by atoms with van der Waals surface area (Å²) in [5.41, 5.74) is 1.71. The number of carbonyl (C=O) groups is 2. The molecule has 2 aromatic carbocycles. The van der Waals surface area contributed by atoms with Gasteiger partial charge in [-0.3, -0.25) is 14.5 Å². The number of imide groups is 1. The minimum absolute atomic E-state index is 0.0626. The molecule has 0 saturated carbocycles. The highest BCUT2D eigenvalue weighted by Crippen LogP contribution is 2.37. The van der Waals surface area contributed by atoms with E-state index in [2.05, 4.69) is 0 Å². The number of carbonyl (C=O) groups excluding carboxylic acids is 2. The number of aliphatic hydroxyl groups excluding tert-OH is 1. The van der Waals surface area contributed by atoms with Crippen LogP contribution in [0, 0.1) is 0 Å². The van der Waals surface area contributed by atoms with Gasteiger partial charge in [0.25, 0.3) is 11.8 Å². The zero-order chi connectivity index (χ0) is 22.5. The number of rotatable bonds is 9. The first-order valence-corrected chi connectivity index (χ1v) is 9.73. The van der Waals surface area contributed by atoms with Crippen molar-refractivity contribution in [2.24, 2.45) is 0 Å². The van der Waals surface area contributed by atoms with E-state index in [-0.39, 0.29) is 31.0 Å². The van der Waals surface area contributed by atoms with Gasteiger partial charge in [0.2, 0.25) is 0 Å². The Kier molecular flexibility index (Phi) is 6.81. The number of amides is 2. The maximum atomic E-state index is 13.4. The standard InChI is InChI=1S/C23H26N2O6/c1-24(11-12-26)21-20(16-7-5-6-8-17(16)29-2)22(27)25(23(21)28)14-15-9-10-18(30-3)19(13-15)31-4/h5-10,13,26H,11-12,14H2,1-4H3. The van der Waals surface area contributed by atoms with E-state index in [1.807, 2.05) is 0 Å². The van der Waals surface area contributed by atoms with Crippen LogP contribution in [0.4, 0.5) is 0 Å². The fraction of sp³-hybridized carbons (Fsp3) is 0.304. The Morgan fingerprint density at radius 1 is 0.903 bits per heavy atom. The van der Waals surface area contributed by atoms with Crippen molar-refractivity contribution < 1.29 is 28.9 Å². The average Bonchev–Trinajstić information content (AvgIpc) is 3.03.